The number of nitrogens with zero attached hydrogens (tertiary/aromatic N) is 2. The third kappa shape index (κ3) is 2.46. The molecule has 94 valence electrons. The van der Waals surface area contributed by atoms with E-state index in [1.807, 2.05) is 17.9 Å². The first kappa shape index (κ1) is 11.5. The van der Waals surface area contributed by atoms with Crippen molar-refractivity contribution in [1.29, 1.82) is 0 Å². The molecule has 1 heterocycles. The number of aryl methyl sites for hydroxylation is 1. The average Bonchev–Trinajstić information content (AvgIpc) is 3.15. The second-order valence-electron chi connectivity index (χ2n) is 5.02. The summed E-state index contributed by atoms with van der Waals surface area (Å²) in [6, 6.07) is 10.9. The quantitative estimate of drug-likeness (QED) is 0.872. The van der Waals surface area contributed by atoms with Gasteiger partial charge in [0.25, 0.3) is 0 Å². The third-order valence-electron chi connectivity index (χ3n) is 3.62. The fraction of sp³-hybridized carbons (Fsp3) is 0.400. The van der Waals surface area contributed by atoms with Gasteiger partial charge >= 0.3 is 0 Å². The van der Waals surface area contributed by atoms with Gasteiger partial charge in [-0.15, -0.1) is 0 Å². The Bertz CT molecular complexity index is 526. The Morgan fingerprint density at radius 2 is 2.06 bits per heavy atom. The van der Waals surface area contributed by atoms with Gasteiger partial charge in [0.15, 0.2) is 0 Å². The molecule has 0 bridgehead atoms. The lowest BCUT2D eigenvalue weighted by molar-refractivity contribution is 0.624. The Hall–Kier alpha value is -1.61. The van der Waals surface area contributed by atoms with Crippen molar-refractivity contribution >= 4 is 0 Å². The van der Waals surface area contributed by atoms with Crippen LogP contribution in [0.4, 0.5) is 0 Å². The van der Waals surface area contributed by atoms with Crippen molar-refractivity contribution < 1.29 is 0 Å². The molecule has 0 amide bonds. The molecular weight excluding hydrogens is 222 g/mol. The van der Waals surface area contributed by atoms with E-state index < -0.39 is 0 Å². The molecule has 1 aliphatic rings. The van der Waals surface area contributed by atoms with Crippen LogP contribution in [0.3, 0.4) is 0 Å². The Labute approximate surface area is 108 Å². The van der Waals surface area contributed by atoms with Crippen molar-refractivity contribution in [1.82, 2.24) is 15.1 Å². The summed E-state index contributed by atoms with van der Waals surface area (Å²) in [6.07, 6.45) is 4.56. The van der Waals surface area contributed by atoms with Crippen molar-refractivity contribution in [2.24, 2.45) is 7.05 Å². The minimum Gasteiger partial charge on any atom is -0.307 e. The molecule has 1 N–H and O–H groups in total. The van der Waals surface area contributed by atoms with E-state index in [0.717, 1.165) is 19.0 Å². The zero-order chi connectivity index (χ0) is 12.4. The molecule has 3 heteroatoms. The smallest absolute Gasteiger partial charge is 0.0518 e. The normalized spacial score (nSPS) is 14.9. The molecule has 2 aromatic rings. The van der Waals surface area contributed by atoms with Gasteiger partial charge in [0.05, 0.1) is 5.69 Å². The van der Waals surface area contributed by atoms with Crippen LogP contribution in [0.15, 0.2) is 36.5 Å². The van der Waals surface area contributed by atoms with Crippen molar-refractivity contribution in [2.45, 2.75) is 31.8 Å². The highest BCUT2D eigenvalue weighted by atomic mass is 15.3. The maximum Gasteiger partial charge on any atom is 0.0518 e. The molecule has 18 heavy (non-hydrogen) atoms. The summed E-state index contributed by atoms with van der Waals surface area (Å²) in [7, 11) is 1.98. The summed E-state index contributed by atoms with van der Waals surface area (Å²) >= 11 is 0. The maximum absolute atomic E-state index is 4.17. The summed E-state index contributed by atoms with van der Waals surface area (Å²) in [6.45, 7) is 1.81. The Morgan fingerprint density at radius 3 is 2.78 bits per heavy atom. The molecule has 1 aliphatic carbocycles. The van der Waals surface area contributed by atoms with Gasteiger partial charge in [-0.3, -0.25) is 4.68 Å². The van der Waals surface area contributed by atoms with Crippen LogP contribution in [0.1, 0.15) is 35.6 Å². The number of nitrogens with one attached hydrogen (secondary N) is 1. The molecule has 3 rings (SSSR count). The van der Waals surface area contributed by atoms with E-state index in [0.29, 0.717) is 0 Å². The first-order chi connectivity index (χ1) is 8.84. The molecule has 0 aliphatic heterocycles. The Kier molecular flexibility index (Phi) is 3.15. The summed E-state index contributed by atoms with van der Waals surface area (Å²) in [5, 5.41) is 7.68. The predicted molar refractivity (Wildman–Crippen MR) is 72.2 cm³/mol. The molecule has 0 saturated heterocycles. The zero-order valence-electron chi connectivity index (χ0n) is 10.8. The summed E-state index contributed by atoms with van der Waals surface area (Å²) in [4.78, 5) is 0. The zero-order valence-corrected chi connectivity index (χ0v) is 10.8. The van der Waals surface area contributed by atoms with E-state index in [1.54, 1.807) is 0 Å². The van der Waals surface area contributed by atoms with E-state index in [-0.39, 0.29) is 0 Å². The molecule has 3 nitrogen and oxygen atoms in total. The lowest BCUT2D eigenvalue weighted by Crippen LogP contribution is -2.16. The topological polar surface area (TPSA) is 29.9 Å². The minimum absolute atomic E-state index is 0.819. The van der Waals surface area contributed by atoms with Crippen molar-refractivity contribution in [3.05, 3.63) is 53.3 Å². The Morgan fingerprint density at radius 1 is 1.22 bits per heavy atom. The van der Waals surface area contributed by atoms with Gasteiger partial charge in [0, 0.05) is 26.3 Å². The number of hydrogen-bond donors (Lipinski definition) is 1. The summed E-state index contributed by atoms with van der Waals surface area (Å²) < 4.78 is 1.92. The van der Waals surface area contributed by atoms with Crippen LogP contribution in [0.5, 0.6) is 0 Å². The number of aromatic nitrogens is 2. The van der Waals surface area contributed by atoms with Gasteiger partial charge in [0.2, 0.25) is 0 Å². The second kappa shape index (κ2) is 4.94. The highest BCUT2D eigenvalue weighted by molar-refractivity contribution is 5.33. The molecule has 0 atom stereocenters. The molecule has 1 aromatic carbocycles. The fourth-order valence-electron chi connectivity index (χ4n) is 2.39. The first-order valence-corrected chi connectivity index (χ1v) is 6.60. The van der Waals surface area contributed by atoms with Crippen LogP contribution < -0.4 is 5.32 Å². The molecule has 1 saturated carbocycles. The first-order valence-electron chi connectivity index (χ1n) is 6.60. The van der Waals surface area contributed by atoms with Gasteiger partial charge in [-0.1, -0.05) is 24.3 Å². The largest absolute Gasteiger partial charge is 0.307 e. The van der Waals surface area contributed by atoms with E-state index in [2.05, 4.69) is 40.7 Å². The van der Waals surface area contributed by atoms with Gasteiger partial charge in [0.1, 0.15) is 0 Å². The summed E-state index contributed by atoms with van der Waals surface area (Å²) in [5.74, 6) is 0.819. The van der Waals surface area contributed by atoms with Crippen LogP contribution in [-0.4, -0.2) is 9.78 Å². The fourth-order valence-corrected chi connectivity index (χ4v) is 2.39. The third-order valence-corrected chi connectivity index (χ3v) is 3.62. The van der Waals surface area contributed by atoms with Gasteiger partial charge < -0.3 is 5.32 Å². The van der Waals surface area contributed by atoms with Gasteiger partial charge in [-0.05, 0) is 36.0 Å². The number of rotatable bonds is 5. The van der Waals surface area contributed by atoms with E-state index in [9.17, 15) is 0 Å². The molecular formula is C15H19N3. The molecule has 1 fully saturated rings. The molecule has 0 spiro atoms. The van der Waals surface area contributed by atoms with Gasteiger partial charge in [-0.25, -0.2) is 0 Å². The minimum atomic E-state index is 0.819. The molecule has 0 unspecified atom stereocenters. The standard InChI is InChI=1S/C15H19N3/c1-18-14(8-9-17-18)11-16-10-13-4-2-3-5-15(13)12-6-7-12/h2-5,8-9,12,16H,6-7,10-11H2,1H3. The average molecular weight is 241 g/mol. The van der Waals surface area contributed by atoms with Crippen molar-refractivity contribution in [3.63, 3.8) is 0 Å². The molecule has 0 radical (unpaired) electrons. The number of hydrogen-bond acceptors (Lipinski definition) is 2. The monoisotopic (exact) mass is 241 g/mol. The second-order valence-corrected chi connectivity index (χ2v) is 5.02. The highest BCUT2D eigenvalue weighted by Crippen LogP contribution is 2.41. The van der Waals surface area contributed by atoms with Crippen molar-refractivity contribution in [3.8, 4) is 0 Å². The van der Waals surface area contributed by atoms with Crippen LogP contribution >= 0.6 is 0 Å². The number of benzene rings is 1. The van der Waals surface area contributed by atoms with E-state index in [4.69, 9.17) is 0 Å². The van der Waals surface area contributed by atoms with E-state index in [1.165, 1.54) is 29.7 Å². The van der Waals surface area contributed by atoms with E-state index >= 15 is 0 Å². The Balaban J connectivity index is 1.61. The lowest BCUT2D eigenvalue weighted by Gasteiger charge is -2.10. The van der Waals surface area contributed by atoms with Crippen LogP contribution in [-0.2, 0) is 20.1 Å². The van der Waals surface area contributed by atoms with Crippen LogP contribution in [0.25, 0.3) is 0 Å². The predicted octanol–water partition coefficient (Wildman–Crippen LogP) is 2.59. The molecule has 1 aromatic heterocycles. The van der Waals surface area contributed by atoms with Crippen LogP contribution in [0.2, 0.25) is 0 Å². The lowest BCUT2D eigenvalue weighted by atomic mass is 10.0. The van der Waals surface area contributed by atoms with Crippen molar-refractivity contribution in [2.75, 3.05) is 0 Å². The SMILES string of the molecule is Cn1nccc1CNCc1ccccc1C1CC1. The highest BCUT2D eigenvalue weighted by Gasteiger charge is 2.25. The maximum atomic E-state index is 4.17. The van der Waals surface area contributed by atoms with Gasteiger partial charge in [-0.2, -0.15) is 5.10 Å². The van der Waals surface area contributed by atoms with Crippen LogP contribution in [0, 0.1) is 0 Å². The summed E-state index contributed by atoms with van der Waals surface area (Å²) in [5.41, 5.74) is 4.20.